The van der Waals surface area contributed by atoms with Crippen molar-refractivity contribution >= 4 is 22.4 Å². The number of nitrogens with one attached hydrogen (secondary N) is 1. The van der Waals surface area contributed by atoms with E-state index in [1.807, 2.05) is 0 Å². The molecule has 142 valence electrons. The van der Waals surface area contributed by atoms with E-state index in [2.05, 4.69) is 5.32 Å². The van der Waals surface area contributed by atoms with Crippen molar-refractivity contribution in [3.63, 3.8) is 0 Å². The molecule has 1 N–H and O–H groups in total. The number of nitrogens with zero attached hydrogens (tertiary/aromatic N) is 1. The van der Waals surface area contributed by atoms with E-state index in [1.165, 1.54) is 22.5 Å². The zero-order valence-corrected chi connectivity index (χ0v) is 15.3. The predicted octanol–water partition coefficient (Wildman–Crippen LogP) is 3.03. The van der Waals surface area contributed by atoms with Gasteiger partial charge in [0.05, 0.1) is 11.3 Å². The van der Waals surface area contributed by atoms with Crippen molar-refractivity contribution in [3.8, 4) is 0 Å². The van der Waals surface area contributed by atoms with Gasteiger partial charge in [0.15, 0.2) is 0 Å². The van der Waals surface area contributed by atoms with Crippen molar-refractivity contribution in [2.45, 2.75) is 31.2 Å². The van der Waals surface area contributed by atoms with Gasteiger partial charge < -0.3 is 5.32 Å². The van der Waals surface area contributed by atoms with Gasteiger partial charge in [0.2, 0.25) is 10.0 Å². The summed E-state index contributed by atoms with van der Waals surface area (Å²) in [6, 6.07) is 4.90. The highest BCUT2D eigenvalue weighted by molar-refractivity contribution is 7.88. The molecular formula is C16H22ClF3N2O2S. The second-order valence-corrected chi connectivity index (χ2v) is 8.71. The van der Waals surface area contributed by atoms with Crippen LogP contribution in [0.2, 0.25) is 0 Å². The van der Waals surface area contributed by atoms with Gasteiger partial charge in [-0.2, -0.15) is 13.2 Å². The molecule has 0 amide bonds. The molecule has 0 radical (unpaired) electrons. The van der Waals surface area contributed by atoms with Crippen LogP contribution in [0.5, 0.6) is 0 Å². The summed E-state index contributed by atoms with van der Waals surface area (Å²) in [6.45, 7) is 2.55. The van der Waals surface area contributed by atoms with Gasteiger partial charge in [-0.25, -0.2) is 12.7 Å². The third-order valence-corrected chi connectivity index (χ3v) is 6.90. The van der Waals surface area contributed by atoms with Crippen LogP contribution in [0.25, 0.3) is 0 Å². The first-order valence-electron chi connectivity index (χ1n) is 8.06. The molecule has 1 aromatic rings. The normalized spacial score (nSPS) is 21.2. The van der Waals surface area contributed by atoms with Crippen molar-refractivity contribution in [2.24, 2.45) is 5.41 Å². The van der Waals surface area contributed by atoms with Crippen LogP contribution in [0.1, 0.15) is 30.4 Å². The Morgan fingerprint density at radius 3 is 2.40 bits per heavy atom. The second-order valence-electron chi connectivity index (χ2n) is 6.74. The van der Waals surface area contributed by atoms with Crippen molar-refractivity contribution < 1.29 is 21.6 Å². The molecule has 0 aromatic heterocycles. The average molecular weight is 399 g/mol. The molecule has 9 heteroatoms. The third-order valence-electron chi connectivity index (χ3n) is 5.12. The average Bonchev–Trinajstić information content (AvgIpc) is 2.91. The van der Waals surface area contributed by atoms with E-state index in [0.29, 0.717) is 13.1 Å². The highest BCUT2D eigenvalue weighted by Gasteiger charge is 2.43. The topological polar surface area (TPSA) is 49.4 Å². The van der Waals surface area contributed by atoms with E-state index in [4.69, 9.17) is 0 Å². The van der Waals surface area contributed by atoms with Gasteiger partial charge in [0, 0.05) is 13.1 Å². The number of alkyl halides is 3. The lowest BCUT2D eigenvalue weighted by molar-refractivity contribution is -0.138. The molecule has 3 rings (SSSR count). The van der Waals surface area contributed by atoms with Crippen LogP contribution in [0.15, 0.2) is 24.3 Å². The summed E-state index contributed by atoms with van der Waals surface area (Å²) in [6.07, 6.45) is -1.93. The first kappa shape index (κ1) is 20.5. The number of hydrogen-bond acceptors (Lipinski definition) is 3. The Morgan fingerprint density at radius 1 is 1.12 bits per heavy atom. The zero-order chi connectivity index (χ0) is 17.4. The minimum Gasteiger partial charge on any atom is -0.317 e. The van der Waals surface area contributed by atoms with Crippen LogP contribution in [-0.4, -0.2) is 38.9 Å². The number of sulfonamides is 1. The Hall–Kier alpha value is -0.830. The SMILES string of the molecule is Cl.O=S(=O)(Cc1ccccc1C(F)(F)F)N1CCC2(CCNCC2)C1. The number of piperidine rings is 1. The molecule has 2 fully saturated rings. The van der Waals surface area contributed by atoms with E-state index in [1.54, 1.807) is 0 Å². The Kier molecular flexibility index (Phi) is 6.08. The van der Waals surface area contributed by atoms with Gasteiger partial charge in [-0.05, 0) is 49.4 Å². The number of rotatable bonds is 3. The quantitative estimate of drug-likeness (QED) is 0.851. The van der Waals surface area contributed by atoms with Crippen LogP contribution in [0, 0.1) is 5.41 Å². The molecule has 2 aliphatic rings. The fourth-order valence-corrected chi connectivity index (χ4v) is 5.37. The van der Waals surface area contributed by atoms with E-state index in [-0.39, 0.29) is 23.4 Å². The molecule has 2 heterocycles. The minimum absolute atomic E-state index is 0. The first-order chi connectivity index (χ1) is 11.2. The van der Waals surface area contributed by atoms with Gasteiger partial charge >= 0.3 is 6.18 Å². The zero-order valence-electron chi connectivity index (χ0n) is 13.7. The lowest BCUT2D eigenvalue weighted by atomic mass is 9.78. The fraction of sp³-hybridized carbons (Fsp3) is 0.625. The summed E-state index contributed by atoms with van der Waals surface area (Å²) in [5, 5.41) is 3.26. The monoisotopic (exact) mass is 398 g/mol. The molecule has 1 aromatic carbocycles. The van der Waals surface area contributed by atoms with Crippen molar-refractivity contribution in [2.75, 3.05) is 26.2 Å². The maximum absolute atomic E-state index is 13.1. The van der Waals surface area contributed by atoms with Crippen molar-refractivity contribution in [3.05, 3.63) is 35.4 Å². The maximum Gasteiger partial charge on any atom is 0.416 e. The van der Waals surface area contributed by atoms with Gasteiger partial charge in [-0.1, -0.05) is 18.2 Å². The van der Waals surface area contributed by atoms with Gasteiger partial charge in [0.25, 0.3) is 0 Å². The summed E-state index contributed by atoms with van der Waals surface area (Å²) >= 11 is 0. The Balaban J connectivity index is 0.00000225. The van der Waals surface area contributed by atoms with Crippen LogP contribution < -0.4 is 5.32 Å². The van der Waals surface area contributed by atoms with Gasteiger partial charge in [-0.15, -0.1) is 12.4 Å². The van der Waals surface area contributed by atoms with Crippen molar-refractivity contribution in [1.82, 2.24) is 9.62 Å². The van der Waals surface area contributed by atoms with Crippen molar-refractivity contribution in [1.29, 1.82) is 0 Å². The number of benzene rings is 1. The molecule has 0 aliphatic carbocycles. The molecule has 25 heavy (non-hydrogen) atoms. The Bertz CT molecular complexity index is 704. The molecule has 2 aliphatic heterocycles. The molecule has 0 atom stereocenters. The summed E-state index contributed by atoms with van der Waals surface area (Å²) in [5.74, 6) is -0.600. The molecule has 0 saturated carbocycles. The summed E-state index contributed by atoms with van der Waals surface area (Å²) < 4.78 is 65.9. The standard InChI is InChI=1S/C16H21F3N2O2S.ClH/c17-16(18,19)14-4-2-1-3-13(14)11-24(22,23)21-10-7-15(12-21)5-8-20-9-6-15;/h1-4,20H,5-12H2;1H. The lowest BCUT2D eigenvalue weighted by Crippen LogP contribution is -2.40. The predicted molar refractivity (Wildman–Crippen MR) is 92.0 cm³/mol. The molecule has 0 unspecified atom stereocenters. The van der Waals surface area contributed by atoms with Gasteiger partial charge in [0.1, 0.15) is 0 Å². The van der Waals surface area contributed by atoms with E-state index >= 15 is 0 Å². The third kappa shape index (κ3) is 4.48. The minimum atomic E-state index is -4.55. The summed E-state index contributed by atoms with van der Waals surface area (Å²) in [4.78, 5) is 0. The van der Waals surface area contributed by atoms with Crippen LogP contribution in [0.3, 0.4) is 0 Å². The van der Waals surface area contributed by atoms with Crippen LogP contribution in [0.4, 0.5) is 13.2 Å². The molecule has 0 bridgehead atoms. The molecule has 1 spiro atoms. The Labute approximate surface area is 152 Å². The first-order valence-corrected chi connectivity index (χ1v) is 9.67. The number of halogens is 4. The highest BCUT2D eigenvalue weighted by Crippen LogP contribution is 2.40. The molecular weight excluding hydrogens is 377 g/mol. The van der Waals surface area contributed by atoms with E-state index in [0.717, 1.165) is 38.4 Å². The van der Waals surface area contributed by atoms with E-state index < -0.39 is 27.5 Å². The molecule has 4 nitrogen and oxygen atoms in total. The van der Waals surface area contributed by atoms with Gasteiger partial charge in [-0.3, -0.25) is 0 Å². The highest BCUT2D eigenvalue weighted by atomic mass is 35.5. The Morgan fingerprint density at radius 2 is 1.76 bits per heavy atom. The van der Waals surface area contributed by atoms with Crippen LogP contribution >= 0.6 is 12.4 Å². The lowest BCUT2D eigenvalue weighted by Gasteiger charge is -2.33. The van der Waals surface area contributed by atoms with E-state index in [9.17, 15) is 21.6 Å². The summed E-state index contributed by atoms with van der Waals surface area (Å²) in [5.41, 5.74) is -1.07. The molecule has 2 saturated heterocycles. The number of hydrogen-bond donors (Lipinski definition) is 1. The smallest absolute Gasteiger partial charge is 0.317 e. The maximum atomic E-state index is 13.1. The largest absolute Gasteiger partial charge is 0.416 e. The fourth-order valence-electron chi connectivity index (χ4n) is 3.71. The van der Waals surface area contributed by atoms with Crippen LogP contribution in [-0.2, 0) is 22.0 Å². The second kappa shape index (κ2) is 7.42. The summed E-state index contributed by atoms with van der Waals surface area (Å²) in [7, 11) is -3.76.